The number of methoxy groups -OCH3 is 1. The minimum absolute atomic E-state index is 0.243. The summed E-state index contributed by atoms with van der Waals surface area (Å²) >= 11 is 5.81. The van der Waals surface area contributed by atoms with Crippen LogP contribution >= 0.6 is 11.6 Å². The lowest BCUT2D eigenvalue weighted by Gasteiger charge is -2.17. The zero-order chi connectivity index (χ0) is 16.8. The van der Waals surface area contributed by atoms with Crippen LogP contribution in [0.4, 0.5) is 14.9 Å². The highest BCUT2D eigenvalue weighted by Crippen LogP contribution is 2.20. The smallest absolute Gasteiger partial charge is 0.319 e. The molecule has 3 N–H and O–H groups in total. The van der Waals surface area contributed by atoms with Crippen molar-refractivity contribution >= 4 is 23.3 Å². The minimum Gasteiger partial charge on any atom is -0.497 e. The van der Waals surface area contributed by atoms with Crippen LogP contribution in [0.5, 0.6) is 5.75 Å². The Balaban J connectivity index is 2.05. The second-order valence-corrected chi connectivity index (χ2v) is 5.20. The Morgan fingerprint density at radius 2 is 2.00 bits per heavy atom. The molecule has 0 fully saturated rings. The van der Waals surface area contributed by atoms with Gasteiger partial charge in [0.15, 0.2) is 0 Å². The summed E-state index contributed by atoms with van der Waals surface area (Å²) in [6, 6.07) is 9.40. The number of aliphatic hydroxyl groups excluding tert-OH is 1. The molecule has 0 aliphatic carbocycles. The van der Waals surface area contributed by atoms with Crippen molar-refractivity contribution in [1.82, 2.24) is 5.32 Å². The van der Waals surface area contributed by atoms with Crippen molar-refractivity contribution in [2.45, 2.75) is 6.04 Å². The van der Waals surface area contributed by atoms with Crippen LogP contribution in [0, 0.1) is 5.82 Å². The maximum absolute atomic E-state index is 13.4. The van der Waals surface area contributed by atoms with Gasteiger partial charge in [-0.15, -0.1) is 0 Å². The highest BCUT2D eigenvalue weighted by Gasteiger charge is 2.14. The van der Waals surface area contributed by atoms with Gasteiger partial charge in [0.05, 0.1) is 19.8 Å². The lowest BCUT2D eigenvalue weighted by Crippen LogP contribution is -2.34. The van der Waals surface area contributed by atoms with Crippen molar-refractivity contribution in [1.29, 1.82) is 0 Å². The summed E-state index contributed by atoms with van der Waals surface area (Å²) in [6.07, 6.45) is 0. The van der Waals surface area contributed by atoms with Crippen LogP contribution in [-0.2, 0) is 0 Å². The fourth-order valence-electron chi connectivity index (χ4n) is 2.01. The fourth-order valence-corrected chi connectivity index (χ4v) is 2.13. The van der Waals surface area contributed by atoms with E-state index in [-0.39, 0.29) is 18.0 Å². The number of aliphatic hydroxyl groups is 1. The highest BCUT2D eigenvalue weighted by atomic mass is 35.5. The summed E-state index contributed by atoms with van der Waals surface area (Å²) in [5.41, 5.74) is 0.941. The van der Waals surface area contributed by atoms with Gasteiger partial charge in [-0.25, -0.2) is 9.18 Å². The standard InChI is InChI=1S/C16H16ClFN2O3/c1-23-14-7-12(18)6-13(8-14)19-16(22)20-15(9-21)10-2-4-11(17)5-3-10/h2-8,15,21H,9H2,1H3,(H2,19,20,22). The molecule has 0 radical (unpaired) electrons. The molecule has 23 heavy (non-hydrogen) atoms. The maximum atomic E-state index is 13.4. The zero-order valence-electron chi connectivity index (χ0n) is 12.3. The van der Waals surface area contributed by atoms with Gasteiger partial charge in [-0.2, -0.15) is 0 Å². The zero-order valence-corrected chi connectivity index (χ0v) is 13.1. The largest absolute Gasteiger partial charge is 0.497 e. The number of urea groups is 1. The molecule has 0 aliphatic rings. The van der Waals surface area contributed by atoms with Gasteiger partial charge >= 0.3 is 6.03 Å². The van der Waals surface area contributed by atoms with E-state index in [9.17, 15) is 14.3 Å². The first-order valence-electron chi connectivity index (χ1n) is 6.80. The Labute approximate surface area is 138 Å². The number of carbonyl (C=O) groups is 1. The fraction of sp³-hybridized carbons (Fsp3) is 0.188. The first-order valence-corrected chi connectivity index (χ1v) is 7.18. The Kier molecular flexibility index (Phi) is 5.78. The number of hydrogen-bond acceptors (Lipinski definition) is 3. The van der Waals surface area contributed by atoms with Gasteiger partial charge in [0, 0.05) is 22.8 Å². The number of benzene rings is 2. The second kappa shape index (κ2) is 7.80. The maximum Gasteiger partial charge on any atom is 0.319 e. The van der Waals surface area contributed by atoms with E-state index in [1.54, 1.807) is 24.3 Å². The molecule has 1 unspecified atom stereocenters. The molecule has 7 heteroatoms. The SMILES string of the molecule is COc1cc(F)cc(NC(=O)NC(CO)c2ccc(Cl)cc2)c1. The molecule has 0 saturated carbocycles. The van der Waals surface area contributed by atoms with Crippen molar-refractivity contribution in [3.63, 3.8) is 0 Å². The van der Waals surface area contributed by atoms with Gasteiger partial charge in [-0.05, 0) is 23.8 Å². The van der Waals surface area contributed by atoms with E-state index in [4.69, 9.17) is 16.3 Å². The Hall–Kier alpha value is -2.31. The van der Waals surface area contributed by atoms with E-state index in [1.165, 1.54) is 25.3 Å². The molecule has 0 spiro atoms. The molecule has 0 saturated heterocycles. The van der Waals surface area contributed by atoms with E-state index in [2.05, 4.69) is 10.6 Å². The number of rotatable bonds is 5. The molecule has 0 aromatic heterocycles. The molecule has 0 heterocycles. The van der Waals surface area contributed by atoms with Crippen molar-refractivity contribution in [3.05, 3.63) is 58.9 Å². The molecular weight excluding hydrogens is 323 g/mol. The van der Waals surface area contributed by atoms with Crippen LogP contribution in [0.25, 0.3) is 0 Å². The number of amides is 2. The van der Waals surface area contributed by atoms with Crippen molar-refractivity contribution in [2.75, 3.05) is 19.0 Å². The van der Waals surface area contributed by atoms with Gasteiger partial charge in [0.25, 0.3) is 0 Å². The number of carbonyl (C=O) groups excluding carboxylic acids is 1. The summed E-state index contributed by atoms with van der Waals surface area (Å²) in [7, 11) is 1.40. The monoisotopic (exact) mass is 338 g/mol. The Bertz CT molecular complexity index is 680. The van der Waals surface area contributed by atoms with Gasteiger partial charge in [-0.1, -0.05) is 23.7 Å². The first-order chi connectivity index (χ1) is 11.0. The van der Waals surface area contributed by atoms with Crippen LogP contribution in [0.3, 0.4) is 0 Å². The minimum atomic E-state index is -0.609. The third-order valence-corrected chi connectivity index (χ3v) is 3.38. The molecule has 2 aromatic rings. The van der Waals surface area contributed by atoms with Gasteiger partial charge in [0.2, 0.25) is 0 Å². The Morgan fingerprint density at radius 3 is 2.61 bits per heavy atom. The van der Waals surface area contributed by atoms with E-state index < -0.39 is 17.9 Å². The number of ether oxygens (including phenoxy) is 1. The van der Waals surface area contributed by atoms with Crippen molar-refractivity contribution in [3.8, 4) is 5.75 Å². The van der Waals surface area contributed by atoms with Crippen LogP contribution in [0.2, 0.25) is 5.02 Å². The summed E-state index contributed by atoms with van der Waals surface area (Å²) < 4.78 is 18.3. The van der Waals surface area contributed by atoms with Crippen LogP contribution in [0.1, 0.15) is 11.6 Å². The molecular formula is C16H16ClFN2O3. The molecule has 5 nitrogen and oxygen atoms in total. The lowest BCUT2D eigenvalue weighted by molar-refractivity contribution is 0.225. The van der Waals surface area contributed by atoms with Gasteiger partial charge < -0.3 is 20.5 Å². The Morgan fingerprint density at radius 1 is 1.30 bits per heavy atom. The molecule has 0 bridgehead atoms. The van der Waals surface area contributed by atoms with Crippen molar-refractivity contribution < 1.29 is 19.0 Å². The van der Waals surface area contributed by atoms with Crippen LogP contribution in [-0.4, -0.2) is 24.9 Å². The third-order valence-electron chi connectivity index (χ3n) is 3.13. The lowest BCUT2D eigenvalue weighted by atomic mass is 10.1. The second-order valence-electron chi connectivity index (χ2n) is 4.76. The average Bonchev–Trinajstić information content (AvgIpc) is 2.53. The summed E-state index contributed by atoms with van der Waals surface area (Å²) in [5.74, 6) is -0.243. The molecule has 0 aliphatic heterocycles. The highest BCUT2D eigenvalue weighted by molar-refractivity contribution is 6.30. The van der Waals surface area contributed by atoms with Crippen molar-refractivity contribution in [2.24, 2.45) is 0 Å². The quantitative estimate of drug-likeness (QED) is 0.783. The normalized spacial score (nSPS) is 11.7. The molecule has 122 valence electrons. The average molecular weight is 339 g/mol. The summed E-state index contributed by atoms with van der Waals surface area (Å²) in [4.78, 5) is 12.0. The van der Waals surface area contributed by atoms with Gasteiger partial charge in [-0.3, -0.25) is 0 Å². The summed E-state index contributed by atoms with van der Waals surface area (Å²) in [6.45, 7) is -0.290. The van der Waals surface area contributed by atoms with E-state index in [1.807, 2.05) is 0 Å². The number of anilines is 1. The van der Waals surface area contributed by atoms with Crippen LogP contribution in [0.15, 0.2) is 42.5 Å². The molecule has 2 amide bonds. The van der Waals surface area contributed by atoms with E-state index >= 15 is 0 Å². The third kappa shape index (κ3) is 4.84. The predicted molar refractivity (Wildman–Crippen MR) is 86.4 cm³/mol. The van der Waals surface area contributed by atoms with Crippen LogP contribution < -0.4 is 15.4 Å². The number of nitrogens with one attached hydrogen (secondary N) is 2. The first kappa shape index (κ1) is 17.1. The number of halogens is 2. The predicted octanol–water partition coefficient (Wildman–Crippen LogP) is 3.34. The summed E-state index contributed by atoms with van der Waals surface area (Å²) in [5, 5.41) is 15.1. The molecule has 2 rings (SSSR count). The molecule has 1 atom stereocenters. The molecule has 2 aromatic carbocycles. The van der Waals surface area contributed by atoms with E-state index in [0.717, 1.165) is 0 Å². The topological polar surface area (TPSA) is 70.6 Å². The van der Waals surface area contributed by atoms with Gasteiger partial charge in [0.1, 0.15) is 11.6 Å². The number of hydrogen-bond donors (Lipinski definition) is 3. The van der Waals surface area contributed by atoms with E-state index in [0.29, 0.717) is 10.6 Å².